The normalized spacial score (nSPS) is 13.3. The van der Waals surface area contributed by atoms with Crippen LogP contribution in [0.5, 0.6) is 5.75 Å². The van der Waals surface area contributed by atoms with Crippen LogP contribution in [0.3, 0.4) is 0 Å². The van der Waals surface area contributed by atoms with Crippen molar-refractivity contribution in [3.05, 3.63) is 59.2 Å². The average molecular weight is 333 g/mol. The van der Waals surface area contributed by atoms with Crippen molar-refractivity contribution in [3.63, 3.8) is 0 Å². The van der Waals surface area contributed by atoms with Gasteiger partial charge >= 0.3 is 0 Å². The predicted molar refractivity (Wildman–Crippen MR) is 94.8 cm³/mol. The summed E-state index contributed by atoms with van der Waals surface area (Å²) in [6, 6.07) is 13.5. The van der Waals surface area contributed by atoms with Gasteiger partial charge in [-0.05, 0) is 54.8 Å². The number of halogens is 1. The summed E-state index contributed by atoms with van der Waals surface area (Å²) >= 11 is 0. The number of amides is 1. The Morgan fingerprint density at radius 2 is 1.96 bits per heavy atom. The van der Waals surface area contributed by atoms with E-state index >= 15 is 0 Å². The van der Waals surface area contributed by atoms with Crippen molar-refractivity contribution in [2.24, 2.45) is 0 Å². The largest absolute Gasteiger partial charge is 0.497 e. The van der Waals surface area contributed by atoms with Gasteiger partial charge in [0.1, 0.15) is 5.75 Å². The van der Waals surface area contributed by atoms with Gasteiger partial charge in [0.15, 0.2) is 0 Å². The monoisotopic (exact) mass is 332 g/mol. The highest BCUT2D eigenvalue weighted by Crippen LogP contribution is 2.23. The van der Waals surface area contributed by atoms with E-state index in [-0.39, 0.29) is 24.4 Å². The Morgan fingerprint density at radius 3 is 2.65 bits per heavy atom. The zero-order chi connectivity index (χ0) is 15.5. The van der Waals surface area contributed by atoms with E-state index in [9.17, 15) is 4.79 Å². The van der Waals surface area contributed by atoms with Crippen molar-refractivity contribution in [2.75, 3.05) is 19.0 Å². The number of nitrogens with one attached hydrogen (secondary N) is 2. The molecule has 1 aliphatic rings. The third-order valence-corrected chi connectivity index (χ3v) is 4.04. The molecule has 2 aromatic carbocycles. The number of hydrogen-bond acceptors (Lipinski definition) is 3. The van der Waals surface area contributed by atoms with Gasteiger partial charge in [0.25, 0.3) is 5.91 Å². The van der Waals surface area contributed by atoms with E-state index in [1.807, 2.05) is 49.4 Å². The quantitative estimate of drug-likeness (QED) is 0.899. The smallest absolute Gasteiger partial charge is 0.251 e. The minimum Gasteiger partial charge on any atom is -0.497 e. The lowest BCUT2D eigenvalue weighted by Gasteiger charge is -2.15. The zero-order valence-corrected chi connectivity index (χ0v) is 14.1. The van der Waals surface area contributed by atoms with E-state index in [2.05, 4.69) is 10.6 Å². The Bertz CT molecular complexity index is 686. The number of rotatable bonds is 4. The molecule has 0 aromatic heterocycles. The lowest BCUT2D eigenvalue weighted by Crippen LogP contribution is -2.26. The minimum atomic E-state index is -0.0511. The van der Waals surface area contributed by atoms with Gasteiger partial charge in [-0.1, -0.05) is 12.1 Å². The van der Waals surface area contributed by atoms with Crippen LogP contribution in [0.1, 0.15) is 34.5 Å². The maximum absolute atomic E-state index is 12.4. The maximum atomic E-state index is 12.4. The molecule has 2 N–H and O–H groups in total. The van der Waals surface area contributed by atoms with Gasteiger partial charge in [0.2, 0.25) is 0 Å². The molecule has 23 heavy (non-hydrogen) atoms. The molecule has 5 heteroatoms. The van der Waals surface area contributed by atoms with Crippen LogP contribution < -0.4 is 15.4 Å². The number of methoxy groups -OCH3 is 1. The van der Waals surface area contributed by atoms with Crippen LogP contribution in [0.2, 0.25) is 0 Å². The molecule has 1 unspecified atom stereocenters. The van der Waals surface area contributed by atoms with Crippen molar-refractivity contribution < 1.29 is 9.53 Å². The Morgan fingerprint density at radius 1 is 1.22 bits per heavy atom. The Hall–Kier alpha value is -2.20. The molecule has 2 aromatic rings. The predicted octanol–water partition coefficient (Wildman–Crippen LogP) is 3.58. The van der Waals surface area contributed by atoms with E-state index in [1.54, 1.807) is 7.11 Å². The van der Waals surface area contributed by atoms with E-state index < -0.39 is 0 Å². The van der Waals surface area contributed by atoms with Crippen LogP contribution in [-0.4, -0.2) is 19.6 Å². The third kappa shape index (κ3) is 3.77. The number of carbonyl (C=O) groups excluding carboxylic acids is 1. The SMILES string of the molecule is COc1ccc(C(C)NC(=O)c2ccc3c(c2)CCN3)cc1.Cl. The summed E-state index contributed by atoms with van der Waals surface area (Å²) in [4.78, 5) is 12.4. The molecule has 0 spiro atoms. The Kier molecular flexibility index (Phi) is 5.50. The number of benzene rings is 2. The van der Waals surface area contributed by atoms with Crippen molar-refractivity contribution in [3.8, 4) is 5.75 Å². The van der Waals surface area contributed by atoms with Gasteiger partial charge < -0.3 is 15.4 Å². The van der Waals surface area contributed by atoms with Crippen LogP contribution in [0.15, 0.2) is 42.5 Å². The molecule has 1 aliphatic heterocycles. The fourth-order valence-electron chi connectivity index (χ4n) is 2.70. The number of ether oxygens (including phenoxy) is 1. The highest BCUT2D eigenvalue weighted by atomic mass is 35.5. The van der Waals surface area contributed by atoms with E-state index in [0.717, 1.165) is 30.0 Å². The molecule has 0 fully saturated rings. The summed E-state index contributed by atoms with van der Waals surface area (Å²) in [5.41, 5.74) is 4.12. The average Bonchev–Trinajstić information content (AvgIpc) is 3.02. The summed E-state index contributed by atoms with van der Waals surface area (Å²) in [6.45, 7) is 2.93. The van der Waals surface area contributed by atoms with Crippen LogP contribution in [0.4, 0.5) is 5.69 Å². The third-order valence-electron chi connectivity index (χ3n) is 4.04. The minimum absolute atomic E-state index is 0. The first-order chi connectivity index (χ1) is 10.7. The van der Waals surface area contributed by atoms with Crippen molar-refractivity contribution in [1.82, 2.24) is 5.32 Å². The lowest BCUT2D eigenvalue weighted by molar-refractivity contribution is 0.0940. The summed E-state index contributed by atoms with van der Waals surface area (Å²) in [5.74, 6) is 0.770. The first-order valence-corrected chi connectivity index (χ1v) is 7.49. The molecule has 0 aliphatic carbocycles. The molecule has 122 valence electrons. The molecule has 0 saturated carbocycles. The van der Waals surface area contributed by atoms with Crippen molar-refractivity contribution >= 4 is 24.0 Å². The highest BCUT2D eigenvalue weighted by molar-refractivity contribution is 5.95. The first kappa shape index (κ1) is 17.2. The summed E-state index contributed by atoms with van der Waals surface area (Å²) in [6.07, 6.45) is 0.977. The molecule has 0 saturated heterocycles. The fraction of sp³-hybridized carbons (Fsp3) is 0.278. The number of anilines is 1. The Labute approximate surface area is 142 Å². The molecule has 4 nitrogen and oxygen atoms in total. The molecule has 1 atom stereocenters. The number of fused-ring (bicyclic) bond motifs is 1. The lowest BCUT2D eigenvalue weighted by atomic mass is 10.1. The van der Waals surface area contributed by atoms with Gasteiger partial charge in [-0.25, -0.2) is 0 Å². The molecule has 1 amide bonds. The molecule has 0 bridgehead atoms. The second-order valence-corrected chi connectivity index (χ2v) is 5.52. The standard InChI is InChI=1S/C18H20N2O2.ClH/c1-12(13-3-6-16(22-2)7-4-13)20-18(21)15-5-8-17-14(11-15)9-10-19-17;/h3-8,11-12,19H,9-10H2,1-2H3,(H,20,21);1H. The van der Waals surface area contributed by atoms with Gasteiger partial charge in [-0.2, -0.15) is 0 Å². The molecular weight excluding hydrogens is 312 g/mol. The van der Waals surface area contributed by atoms with Gasteiger partial charge in [-0.15, -0.1) is 12.4 Å². The van der Waals surface area contributed by atoms with Crippen LogP contribution >= 0.6 is 12.4 Å². The van der Waals surface area contributed by atoms with Crippen molar-refractivity contribution in [2.45, 2.75) is 19.4 Å². The van der Waals surface area contributed by atoms with Crippen molar-refractivity contribution in [1.29, 1.82) is 0 Å². The number of hydrogen-bond donors (Lipinski definition) is 2. The molecule has 0 radical (unpaired) electrons. The van der Waals surface area contributed by atoms with Crippen LogP contribution in [-0.2, 0) is 6.42 Å². The molecule has 3 rings (SSSR count). The van der Waals surface area contributed by atoms with Gasteiger partial charge in [-0.3, -0.25) is 4.79 Å². The molecule has 1 heterocycles. The number of carbonyl (C=O) groups is 1. The highest BCUT2D eigenvalue weighted by Gasteiger charge is 2.15. The van der Waals surface area contributed by atoms with E-state index in [4.69, 9.17) is 4.74 Å². The topological polar surface area (TPSA) is 50.4 Å². The van der Waals surface area contributed by atoms with E-state index in [1.165, 1.54) is 5.56 Å². The second kappa shape index (κ2) is 7.38. The summed E-state index contributed by atoms with van der Waals surface area (Å²) in [5, 5.41) is 6.34. The zero-order valence-electron chi connectivity index (χ0n) is 13.3. The van der Waals surface area contributed by atoms with E-state index in [0.29, 0.717) is 5.56 Å². The Balaban J connectivity index is 0.00000192. The fourth-order valence-corrected chi connectivity index (χ4v) is 2.70. The molecular formula is C18H21ClN2O2. The van der Waals surface area contributed by atoms with Crippen LogP contribution in [0.25, 0.3) is 0 Å². The van der Waals surface area contributed by atoms with Crippen LogP contribution in [0, 0.1) is 0 Å². The summed E-state index contributed by atoms with van der Waals surface area (Å²) < 4.78 is 5.15. The second-order valence-electron chi connectivity index (χ2n) is 5.52. The van der Waals surface area contributed by atoms with Gasteiger partial charge in [0, 0.05) is 17.8 Å². The summed E-state index contributed by atoms with van der Waals surface area (Å²) in [7, 11) is 1.64. The first-order valence-electron chi connectivity index (χ1n) is 7.49. The van der Waals surface area contributed by atoms with Gasteiger partial charge in [0.05, 0.1) is 13.2 Å². The maximum Gasteiger partial charge on any atom is 0.251 e.